The summed E-state index contributed by atoms with van der Waals surface area (Å²) in [6.45, 7) is 4.74. The third-order valence-corrected chi connectivity index (χ3v) is 2.84. The molecule has 1 rings (SSSR count). The molecule has 90 valence electrons. The lowest BCUT2D eigenvalue weighted by Gasteiger charge is -2.18. The molecule has 0 saturated heterocycles. The minimum Gasteiger partial charge on any atom is -0.493 e. The van der Waals surface area contributed by atoms with E-state index in [1.165, 1.54) is 0 Å². The summed E-state index contributed by atoms with van der Waals surface area (Å²) in [5.74, 6) is 1.57. The van der Waals surface area contributed by atoms with Crippen molar-refractivity contribution in [3.8, 4) is 11.5 Å². The molecule has 0 spiro atoms. The minimum atomic E-state index is 0.124. The first-order valence-corrected chi connectivity index (χ1v) is 6.06. The number of rotatable bonds is 5. The molecule has 4 heteroatoms. The molecule has 16 heavy (non-hydrogen) atoms. The Balaban J connectivity index is 3.18. The van der Waals surface area contributed by atoms with Crippen molar-refractivity contribution < 1.29 is 9.47 Å². The van der Waals surface area contributed by atoms with Gasteiger partial charge in [-0.25, -0.2) is 0 Å². The van der Waals surface area contributed by atoms with Gasteiger partial charge >= 0.3 is 0 Å². The molecule has 0 fully saturated rings. The predicted molar refractivity (Wildman–Crippen MR) is 69.2 cm³/mol. The highest BCUT2D eigenvalue weighted by Gasteiger charge is 2.14. The molecule has 1 aromatic rings. The third-order valence-electron chi connectivity index (χ3n) is 2.09. The Morgan fingerprint density at radius 2 is 2.06 bits per heavy atom. The number of methoxy groups -OCH3 is 1. The van der Waals surface area contributed by atoms with Crippen LogP contribution in [0, 0.1) is 0 Å². The normalized spacial score (nSPS) is 10.6. The van der Waals surface area contributed by atoms with Gasteiger partial charge in [-0.05, 0) is 33.0 Å². The van der Waals surface area contributed by atoms with Gasteiger partial charge < -0.3 is 14.8 Å². The van der Waals surface area contributed by atoms with Crippen LogP contribution in [-0.4, -0.2) is 20.3 Å². The summed E-state index contributed by atoms with van der Waals surface area (Å²) < 4.78 is 12.1. The SMILES string of the molecule is CNCc1c(Br)ccc(OC)c1OC(C)C. The first-order chi connectivity index (χ1) is 7.60. The van der Waals surface area contributed by atoms with Crippen LogP contribution >= 0.6 is 15.9 Å². The maximum absolute atomic E-state index is 5.81. The van der Waals surface area contributed by atoms with Gasteiger partial charge in [-0.15, -0.1) is 0 Å². The fraction of sp³-hybridized carbons (Fsp3) is 0.500. The Labute approximate surface area is 105 Å². The van der Waals surface area contributed by atoms with E-state index in [-0.39, 0.29) is 6.10 Å². The van der Waals surface area contributed by atoms with Crippen LogP contribution in [0.1, 0.15) is 19.4 Å². The minimum absolute atomic E-state index is 0.124. The molecule has 0 aromatic heterocycles. The molecule has 0 bridgehead atoms. The van der Waals surface area contributed by atoms with Crippen molar-refractivity contribution in [2.24, 2.45) is 0 Å². The van der Waals surface area contributed by atoms with Crippen LogP contribution in [0.2, 0.25) is 0 Å². The van der Waals surface area contributed by atoms with Crippen molar-refractivity contribution in [3.05, 3.63) is 22.2 Å². The number of benzene rings is 1. The van der Waals surface area contributed by atoms with E-state index in [9.17, 15) is 0 Å². The van der Waals surface area contributed by atoms with E-state index in [1.807, 2.05) is 33.0 Å². The lowest BCUT2D eigenvalue weighted by molar-refractivity contribution is 0.227. The largest absolute Gasteiger partial charge is 0.493 e. The zero-order valence-corrected chi connectivity index (χ0v) is 11.7. The summed E-state index contributed by atoms with van der Waals surface area (Å²) in [4.78, 5) is 0. The van der Waals surface area contributed by atoms with Crippen molar-refractivity contribution in [2.75, 3.05) is 14.2 Å². The van der Waals surface area contributed by atoms with Crippen molar-refractivity contribution in [1.82, 2.24) is 5.32 Å². The molecule has 0 atom stereocenters. The highest BCUT2D eigenvalue weighted by Crippen LogP contribution is 2.36. The van der Waals surface area contributed by atoms with E-state index in [1.54, 1.807) is 7.11 Å². The van der Waals surface area contributed by atoms with Gasteiger partial charge in [0.25, 0.3) is 0 Å². The van der Waals surface area contributed by atoms with Crippen LogP contribution in [0.3, 0.4) is 0 Å². The average molecular weight is 288 g/mol. The Morgan fingerprint density at radius 1 is 1.38 bits per heavy atom. The van der Waals surface area contributed by atoms with Crippen molar-refractivity contribution in [1.29, 1.82) is 0 Å². The zero-order chi connectivity index (χ0) is 12.1. The molecule has 1 N–H and O–H groups in total. The first-order valence-electron chi connectivity index (χ1n) is 5.26. The molecule has 0 aliphatic carbocycles. The van der Waals surface area contributed by atoms with E-state index in [0.717, 1.165) is 28.1 Å². The summed E-state index contributed by atoms with van der Waals surface area (Å²) in [5, 5.41) is 3.12. The highest BCUT2D eigenvalue weighted by atomic mass is 79.9. The van der Waals surface area contributed by atoms with Crippen molar-refractivity contribution in [2.45, 2.75) is 26.5 Å². The number of hydrogen-bond acceptors (Lipinski definition) is 3. The smallest absolute Gasteiger partial charge is 0.167 e. The summed E-state index contributed by atoms with van der Waals surface area (Å²) in [6, 6.07) is 3.87. The van der Waals surface area contributed by atoms with Crippen LogP contribution in [0.15, 0.2) is 16.6 Å². The van der Waals surface area contributed by atoms with Crippen molar-refractivity contribution >= 4 is 15.9 Å². The Morgan fingerprint density at radius 3 is 2.56 bits per heavy atom. The fourth-order valence-electron chi connectivity index (χ4n) is 1.45. The lowest BCUT2D eigenvalue weighted by atomic mass is 10.2. The molecule has 0 radical (unpaired) electrons. The summed E-state index contributed by atoms with van der Waals surface area (Å²) in [7, 11) is 3.56. The Bertz CT molecular complexity index is 353. The second-order valence-electron chi connectivity index (χ2n) is 3.75. The standard InChI is InChI=1S/C12H18BrNO2/c1-8(2)16-12-9(7-14-3)10(13)5-6-11(12)15-4/h5-6,8,14H,7H2,1-4H3. The second kappa shape index (κ2) is 6.11. The number of nitrogens with one attached hydrogen (secondary N) is 1. The van der Waals surface area contributed by atoms with Gasteiger partial charge in [0.1, 0.15) is 0 Å². The molecule has 0 amide bonds. The molecule has 0 saturated carbocycles. The van der Waals surface area contributed by atoms with E-state index in [4.69, 9.17) is 9.47 Å². The highest BCUT2D eigenvalue weighted by molar-refractivity contribution is 9.10. The summed E-state index contributed by atoms with van der Waals surface area (Å²) in [5.41, 5.74) is 1.08. The molecule has 0 aliphatic rings. The first kappa shape index (κ1) is 13.3. The quantitative estimate of drug-likeness (QED) is 0.903. The van der Waals surface area contributed by atoms with E-state index < -0.39 is 0 Å². The number of hydrogen-bond donors (Lipinski definition) is 1. The molecule has 1 aromatic carbocycles. The molecule has 3 nitrogen and oxygen atoms in total. The molecule has 0 heterocycles. The van der Waals surface area contributed by atoms with Crippen LogP contribution in [0.5, 0.6) is 11.5 Å². The maximum Gasteiger partial charge on any atom is 0.167 e. The summed E-state index contributed by atoms with van der Waals surface area (Å²) >= 11 is 3.53. The number of halogens is 1. The van der Waals surface area contributed by atoms with Gasteiger partial charge in [-0.3, -0.25) is 0 Å². The van der Waals surface area contributed by atoms with Crippen LogP contribution in [0.25, 0.3) is 0 Å². The molecular formula is C12H18BrNO2. The number of ether oxygens (including phenoxy) is 2. The zero-order valence-electron chi connectivity index (χ0n) is 10.1. The van der Waals surface area contributed by atoms with Crippen molar-refractivity contribution in [3.63, 3.8) is 0 Å². The van der Waals surface area contributed by atoms with Gasteiger partial charge in [0, 0.05) is 16.6 Å². The average Bonchev–Trinajstić information content (AvgIpc) is 2.23. The van der Waals surface area contributed by atoms with Gasteiger partial charge in [-0.2, -0.15) is 0 Å². The van der Waals surface area contributed by atoms with Crippen LogP contribution < -0.4 is 14.8 Å². The van der Waals surface area contributed by atoms with Gasteiger partial charge in [0.05, 0.1) is 13.2 Å². The van der Waals surface area contributed by atoms with Crippen LogP contribution in [0.4, 0.5) is 0 Å². The van der Waals surface area contributed by atoms with Gasteiger partial charge in [-0.1, -0.05) is 15.9 Å². The fourth-order valence-corrected chi connectivity index (χ4v) is 1.90. The van der Waals surface area contributed by atoms with E-state index in [0.29, 0.717) is 0 Å². The maximum atomic E-state index is 5.81. The van der Waals surface area contributed by atoms with E-state index >= 15 is 0 Å². The molecule has 0 aliphatic heterocycles. The third kappa shape index (κ3) is 3.12. The monoisotopic (exact) mass is 287 g/mol. The lowest BCUT2D eigenvalue weighted by Crippen LogP contribution is -2.13. The van der Waals surface area contributed by atoms with E-state index in [2.05, 4.69) is 21.2 Å². The summed E-state index contributed by atoms with van der Waals surface area (Å²) in [6.07, 6.45) is 0.124. The Hall–Kier alpha value is -0.740. The van der Waals surface area contributed by atoms with Gasteiger partial charge in [0.2, 0.25) is 0 Å². The molecular weight excluding hydrogens is 270 g/mol. The predicted octanol–water partition coefficient (Wildman–Crippen LogP) is 2.96. The second-order valence-corrected chi connectivity index (χ2v) is 4.61. The van der Waals surface area contributed by atoms with Crippen LogP contribution in [-0.2, 0) is 6.54 Å². The van der Waals surface area contributed by atoms with Gasteiger partial charge in [0.15, 0.2) is 11.5 Å². The topological polar surface area (TPSA) is 30.5 Å². The Kier molecular flexibility index (Phi) is 5.09. The molecule has 0 unspecified atom stereocenters.